The van der Waals surface area contributed by atoms with Gasteiger partial charge < -0.3 is 14.6 Å². The molecule has 1 heterocycles. The predicted molar refractivity (Wildman–Crippen MR) is 91.4 cm³/mol. The Balaban J connectivity index is 0.00000300. The van der Waals surface area contributed by atoms with Gasteiger partial charge in [-0.1, -0.05) is 18.2 Å². The Kier molecular flexibility index (Phi) is 7.81. The summed E-state index contributed by atoms with van der Waals surface area (Å²) in [6.07, 6.45) is -4.63. The number of nitrogens with zero attached hydrogens (tertiary/aromatic N) is 1. The molecule has 0 aliphatic rings. The number of carbonyl (C=O) groups excluding carboxylic acids is 1. The molecule has 29 heavy (non-hydrogen) atoms. The van der Waals surface area contributed by atoms with E-state index in [0.29, 0.717) is 0 Å². The second kappa shape index (κ2) is 9.71. The number of hydrogen-bond acceptors (Lipinski definition) is 5. The minimum Gasteiger partial charge on any atom is -0.543 e. The number of rotatable bonds is 6. The average molecular weight is 433 g/mol. The molecule has 2 aromatic carbocycles. The summed E-state index contributed by atoms with van der Waals surface area (Å²) in [6.45, 7) is -0.173. The number of carbonyl (C=O) groups is 1. The van der Waals surface area contributed by atoms with Crippen LogP contribution in [0.5, 0.6) is 5.75 Å². The first-order valence-corrected chi connectivity index (χ1v) is 8.84. The van der Waals surface area contributed by atoms with E-state index in [1.54, 1.807) is 6.07 Å². The van der Waals surface area contributed by atoms with Gasteiger partial charge in [0.05, 0.1) is 22.2 Å². The van der Waals surface area contributed by atoms with Crippen molar-refractivity contribution in [2.75, 3.05) is 0 Å². The van der Waals surface area contributed by atoms with Gasteiger partial charge in [0.2, 0.25) is 0 Å². The quantitative estimate of drug-likeness (QED) is 0.427. The topological polar surface area (TPSA) is 62.2 Å². The van der Waals surface area contributed by atoms with Gasteiger partial charge in [0.1, 0.15) is 18.2 Å². The molecular formula is C19H12F4NNaO3S. The molecule has 0 saturated carbocycles. The summed E-state index contributed by atoms with van der Waals surface area (Å²) in [5.41, 5.74) is -0.759. The van der Waals surface area contributed by atoms with Gasteiger partial charge in [-0.15, -0.1) is 11.3 Å². The van der Waals surface area contributed by atoms with Gasteiger partial charge in [-0.05, 0) is 24.3 Å². The van der Waals surface area contributed by atoms with Crippen LogP contribution in [0.15, 0.2) is 47.8 Å². The van der Waals surface area contributed by atoms with Gasteiger partial charge in [-0.25, -0.2) is 9.37 Å². The van der Waals surface area contributed by atoms with E-state index in [-0.39, 0.29) is 70.2 Å². The van der Waals surface area contributed by atoms with Crippen LogP contribution in [0.3, 0.4) is 0 Å². The molecular weight excluding hydrogens is 421 g/mol. The molecule has 0 saturated heterocycles. The summed E-state index contributed by atoms with van der Waals surface area (Å²) in [7, 11) is 0. The Morgan fingerprint density at radius 1 is 1.14 bits per heavy atom. The standard InChI is InChI=1S/C19H13F4NO3S.Na/c20-14-4-2-1-3-11(14)9-27-16-6-5-13(19(21,22)23)7-12(16)8-17-24-15(10-28-17)18(25)26;/h1-7,10H,8-9H2,(H,25,26);/q;+1/p-1. The van der Waals surface area contributed by atoms with Crippen LogP contribution in [0.1, 0.15) is 32.2 Å². The number of hydrogen-bond donors (Lipinski definition) is 0. The minimum absolute atomic E-state index is 0. The summed E-state index contributed by atoms with van der Waals surface area (Å²) >= 11 is 0.983. The summed E-state index contributed by atoms with van der Waals surface area (Å²) in [5.74, 6) is -1.83. The van der Waals surface area contributed by atoms with Gasteiger partial charge in [-0.3, -0.25) is 0 Å². The maximum Gasteiger partial charge on any atom is 1.00 e. The van der Waals surface area contributed by atoms with Crippen molar-refractivity contribution < 1.29 is 61.8 Å². The smallest absolute Gasteiger partial charge is 0.543 e. The zero-order chi connectivity index (χ0) is 20.3. The summed E-state index contributed by atoms with van der Waals surface area (Å²) in [6, 6.07) is 8.83. The van der Waals surface area contributed by atoms with E-state index in [4.69, 9.17) is 4.74 Å². The van der Waals surface area contributed by atoms with E-state index in [9.17, 15) is 27.5 Å². The van der Waals surface area contributed by atoms with Crippen molar-refractivity contribution in [3.63, 3.8) is 0 Å². The third kappa shape index (κ3) is 6.02. The molecule has 3 aromatic rings. The molecule has 0 spiro atoms. The number of benzene rings is 2. The minimum atomic E-state index is -4.56. The Morgan fingerprint density at radius 2 is 1.86 bits per heavy atom. The van der Waals surface area contributed by atoms with Gasteiger partial charge in [0.15, 0.2) is 0 Å². The molecule has 0 amide bonds. The molecule has 0 aliphatic carbocycles. The van der Waals surface area contributed by atoms with E-state index in [0.717, 1.165) is 29.5 Å². The van der Waals surface area contributed by atoms with Crippen molar-refractivity contribution in [2.45, 2.75) is 19.2 Å². The first kappa shape index (κ1) is 23.3. The molecule has 0 radical (unpaired) electrons. The summed E-state index contributed by atoms with van der Waals surface area (Å²) in [5, 5.41) is 12.4. The number of alkyl halides is 3. The van der Waals surface area contributed by atoms with E-state index in [1.165, 1.54) is 23.6 Å². The monoisotopic (exact) mass is 433 g/mol. The van der Waals surface area contributed by atoms with Crippen LogP contribution >= 0.6 is 11.3 Å². The van der Waals surface area contributed by atoms with E-state index < -0.39 is 23.5 Å². The first-order valence-electron chi connectivity index (χ1n) is 7.96. The molecule has 0 atom stereocenters. The third-order valence-electron chi connectivity index (χ3n) is 3.83. The van der Waals surface area contributed by atoms with E-state index >= 15 is 0 Å². The fourth-order valence-corrected chi connectivity index (χ4v) is 3.24. The van der Waals surface area contributed by atoms with Crippen molar-refractivity contribution in [1.82, 2.24) is 4.98 Å². The largest absolute Gasteiger partial charge is 1.00 e. The maximum absolute atomic E-state index is 13.7. The van der Waals surface area contributed by atoms with Crippen LogP contribution in [0, 0.1) is 5.82 Å². The van der Waals surface area contributed by atoms with Crippen LogP contribution in [-0.2, 0) is 19.2 Å². The average Bonchev–Trinajstić information content (AvgIpc) is 3.10. The van der Waals surface area contributed by atoms with Crippen LogP contribution in [0.25, 0.3) is 0 Å². The van der Waals surface area contributed by atoms with Crippen molar-refractivity contribution >= 4 is 17.3 Å². The molecule has 10 heteroatoms. The Morgan fingerprint density at radius 3 is 2.48 bits per heavy atom. The van der Waals surface area contributed by atoms with Crippen LogP contribution in [-0.4, -0.2) is 11.0 Å². The molecule has 1 aromatic heterocycles. The predicted octanol–water partition coefficient (Wildman–Crippen LogP) is 0.838. The van der Waals surface area contributed by atoms with Gasteiger partial charge in [-0.2, -0.15) is 13.2 Å². The third-order valence-corrected chi connectivity index (χ3v) is 4.68. The molecule has 0 unspecified atom stereocenters. The fourth-order valence-electron chi connectivity index (χ4n) is 2.45. The van der Waals surface area contributed by atoms with Gasteiger partial charge in [0.25, 0.3) is 0 Å². The number of carboxylic acids is 1. The number of thiazole rings is 1. The normalized spacial score (nSPS) is 11.0. The van der Waals surface area contributed by atoms with Crippen molar-refractivity contribution in [1.29, 1.82) is 0 Å². The fraction of sp³-hybridized carbons (Fsp3) is 0.158. The molecule has 0 N–H and O–H groups in total. The second-order valence-electron chi connectivity index (χ2n) is 5.79. The molecule has 0 fully saturated rings. The number of aromatic carboxylic acids is 1. The molecule has 3 rings (SSSR count). The zero-order valence-electron chi connectivity index (χ0n) is 15.1. The molecule has 0 aliphatic heterocycles. The van der Waals surface area contributed by atoms with Crippen LogP contribution in [0.2, 0.25) is 0 Å². The Bertz CT molecular complexity index is 1010. The number of halogens is 4. The number of carboxylic acid groups (broad SMARTS) is 1. The summed E-state index contributed by atoms with van der Waals surface area (Å²) < 4.78 is 58.5. The summed E-state index contributed by atoms with van der Waals surface area (Å²) in [4.78, 5) is 14.7. The Labute approximate surface area is 189 Å². The number of ether oxygens (including phenoxy) is 1. The second-order valence-corrected chi connectivity index (χ2v) is 6.73. The SMILES string of the molecule is O=C([O-])c1csc(Cc2cc(C(F)(F)F)ccc2OCc2ccccc2F)n1.[Na+]. The van der Waals surface area contributed by atoms with Crippen LogP contribution in [0.4, 0.5) is 17.6 Å². The molecule has 0 bridgehead atoms. The van der Waals surface area contributed by atoms with Gasteiger partial charge in [0, 0.05) is 22.9 Å². The van der Waals surface area contributed by atoms with Crippen molar-refractivity contribution in [2.24, 2.45) is 0 Å². The first-order chi connectivity index (χ1) is 13.2. The zero-order valence-corrected chi connectivity index (χ0v) is 17.9. The van der Waals surface area contributed by atoms with Crippen molar-refractivity contribution in [3.8, 4) is 5.75 Å². The Hall–Kier alpha value is -1.94. The maximum atomic E-state index is 13.7. The van der Waals surface area contributed by atoms with E-state index in [1.807, 2.05) is 0 Å². The van der Waals surface area contributed by atoms with Gasteiger partial charge >= 0.3 is 35.7 Å². The van der Waals surface area contributed by atoms with Crippen molar-refractivity contribution in [3.05, 3.63) is 81.1 Å². The molecule has 146 valence electrons. The van der Waals surface area contributed by atoms with Crippen LogP contribution < -0.4 is 39.4 Å². The molecule has 4 nitrogen and oxygen atoms in total. The van der Waals surface area contributed by atoms with E-state index in [2.05, 4.69) is 4.98 Å². The number of aromatic nitrogens is 1.